The van der Waals surface area contributed by atoms with Crippen molar-refractivity contribution in [3.63, 3.8) is 0 Å². The average Bonchev–Trinajstić information content (AvgIpc) is 2.38. The first-order valence-electron chi connectivity index (χ1n) is 4.42. The summed E-state index contributed by atoms with van der Waals surface area (Å²) >= 11 is 0. The van der Waals surface area contributed by atoms with Crippen molar-refractivity contribution in [1.82, 2.24) is 0 Å². The highest BCUT2D eigenvalue weighted by atomic mass is 35.5. The predicted molar refractivity (Wildman–Crippen MR) is 65.2 cm³/mol. The second-order valence-corrected chi connectivity index (χ2v) is 2.36. The van der Waals surface area contributed by atoms with Crippen molar-refractivity contribution in [2.45, 2.75) is 12.2 Å². The minimum atomic E-state index is -1.40. The van der Waals surface area contributed by atoms with E-state index in [1.54, 1.807) is 0 Å². The molecule has 0 aromatic rings. The van der Waals surface area contributed by atoms with Gasteiger partial charge in [0.2, 0.25) is 0 Å². The third-order valence-electron chi connectivity index (χ3n) is 1.20. The van der Waals surface area contributed by atoms with Crippen LogP contribution in [0.4, 0.5) is 0 Å². The summed E-state index contributed by atoms with van der Waals surface area (Å²) < 4.78 is 4.13. The number of ether oxygens (including phenoxy) is 1. The standard InChI is InChI=1S/C4H9NO3.C3H7NO3.CH4O.ClH/c1-8-4(7)3(6)2-5;4-1-2(5)3(6)7;1-2;/h3,6H,2,5H2,1H3;2,5H,1,4H2,(H,6,7);2H,1H3;1H/t3-;2-;;/m00../s1. The van der Waals surface area contributed by atoms with Gasteiger partial charge in [0.25, 0.3) is 0 Å². The van der Waals surface area contributed by atoms with Crippen LogP contribution in [-0.2, 0) is 14.3 Å². The molecule has 0 amide bonds. The molecule has 0 heterocycles. The van der Waals surface area contributed by atoms with Crippen LogP contribution in [0.15, 0.2) is 0 Å². The Kier molecular flexibility index (Phi) is 26.3. The van der Waals surface area contributed by atoms with E-state index in [-0.39, 0.29) is 25.5 Å². The van der Waals surface area contributed by atoms with Crippen molar-refractivity contribution in [2.75, 3.05) is 27.3 Å². The second-order valence-electron chi connectivity index (χ2n) is 2.36. The molecule has 9 nitrogen and oxygen atoms in total. The minimum absolute atomic E-state index is 0. The highest BCUT2D eigenvalue weighted by Crippen LogP contribution is 1.80. The van der Waals surface area contributed by atoms with Gasteiger partial charge in [0.05, 0.1) is 7.11 Å². The molecule has 0 aromatic carbocycles. The summed E-state index contributed by atoms with van der Waals surface area (Å²) in [5.74, 6) is -1.96. The molecule has 10 heteroatoms. The van der Waals surface area contributed by atoms with Crippen LogP contribution in [0.1, 0.15) is 0 Å². The van der Waals surface area contributed by atoms with E-state index in [1.165, 1.54) is 7.11 Å². The van der Waals surface area contributed by atoms with E-state index in [0.29, 0.717) is 0 Å². The highest BCUT2D eigenvalue weighted by molar-refractivity contribution is 5.85. The molecule has 0 radical (unpaired) electrons. The van der Waals surface area contributed by atoms with Gasteiger partial charge in [0.15, 0.2) is 12.2 Å². The number of carbonyl (C=O) groups is 2. The van der Waals surface area contributed by atoms with Crippen LogP contribution >= 0.6 is 12.4 Å². The fourth-order valence-electron chi connectivity index (χ4n) is 0.333. The molecular formula is C8H21ClN2O7. The van der Waals surface area contributed by atoms with Gasteiger partial charge in [-0.3, -0.25) is 0 Å². The SMILES string of the molecule is CO.COC(=O)[C@@H](O)CN.Cl.NC[C@H](O)C(=O)O. The van der Waals surface area contributed by atoms with Gasteiger partial charge in [0, 0.05) is 20.2 Å². The Morgan fingerprint density at radius 2 is 1.44 bits per heavy atom. The Bertz CT molecular complexity index is 206. The normalized spacial score (nSPS) is 11.3. The van der Waals surface area contributed by atoms with E-state index >= 15 is 0 Å². The number of rotatable bonds is 4. The molecule has 0 saturated carbocycles. The number of hydrogen-bond donors (Lipinski definition) is 6. The van der Waals surface area contributed by atoms with Gasteiger partial charge in [-0.15, -0.1) is 12.4 Å². The van der Waals surface area contributed by atoms with E-state index in [9.17, 15) is 9.59 Å². The molecule has 0 aliphatic heterocycles. The fourth-order valence-corrected chi connectivity index (χ4v) is 0.333. The molecule has 2 atom stereocenters. The second kappa shape index (κ2) is 18.4. The van der Waals surface area contributed by atoms with Crippen LogP contribution in [0.2, 0.25) is 0 Å². The predicted octanol–water partition coefficient (Wildman–Crippen LogP) is -3.10. The van der Waals surface area contributed by atoms with Crippen molar-refractivity contribution in [3.8, 4) is 0 Å². The lowest BCUT2D eigenvalue weighted by Gasteiger charge is -2.02. The lowest BCUT2D eigenvalue weighted by Crippen LogP contribution is -2.29. The fraction of sp³-hybridized carbons (Fsp3) is 0.750. The maximum atomic E-state index is 10.2. The molecule has 8 N–H and O–H groups in total. The summed E-state index contributed by atoms with van der Waals surface area (Å²) in [6, 6.07) is 0. The third kappa shape index (κ3) is 17.4. The van der Waals surface area contributed by atoms with Crippen LogP contribution in [0.25, 0.3) is 0 Å². The van der Waals surface area contributed by atoms with Gasteiger partial charge < -0.3 is 36.6 Å². The molecule has 0 bridgehead atoms. The number of aliphatic hydroxyl groups excluding tert-OH is 3. The first kappa shape index (κ1) is 25.8. The van der Waals surface area contributed by atoms with Gasteiger partial charge in [-0.2, -0.15) is 0 Å². The van der Waals surface area contributed by atoms with E-state index in [1.807, 2.05) is 0 Å². The molecule has 112 valence electrons. The van der Waals surface area contributed by atoms with Crippen LogP contribution in [0.3, 0.4) is 0 Å². The number of carbonyl (C=O) groups excluding carboxylic acids is 1. The van der Waals surface area contributed by atoms with E-state index in [4.69, 9.17) is 31.9 Å². The zero-order valence-corrected chi connectivity index (χ0v) is 11.0. The molecular weight excluding hydrogens is 272 g/mol. The number of esters is 1. The summed E-state index contributed by atoms with van der Waals surface area (Å²) in [6.07, 6.45) is -2.57. The number of halogens is 1. The number of carboxylic acid groups (broad SMARTS) is 1. The van der Waals surface area contributed by atoms with Crippen LogP contribution < -0.4 is 11.5 Å². The molecule has 0 aliphatic carbocycles. The summed E-state index contributed by atoms with van der Waals surface area (Å²) in [5.41, 5.74) is 9.64. The molecule has 0 aliphatic rings. The zero-order valence-electron chi connectivity index (χ0n) is 10.1. The van der Waals surface area contributed by atoms with Crippen LogP contribution in [0, 0.1) is 0 Å². The Morgan fingerprint density at radius 1 is 1.11 bits per heavy atom. The summed E-state index contributed by atoms with van der Waals surface area (Å²) in [5, 5.41) is 31.6. The number of carboxylic acids is 1. The largest absolute Gasteiger partial charge is 0.479 e. The van der Waals surface area contributed by atoms with E-state index < -0.39 is 24.1 Å². The first-order chi connectivity index (χ1) is 7.90. The van der Waals surface area contributed by atoms with Gasteiger partial charge >= 0.3 is 11.9 Å². The number of aliphatic hydroxyl groups is 3. The number of methoxy groups -OCH3 is 1. The molecule has 0 unspecified atom stereocenters. The Labute approximate surface area is 111 Å². The number of aliphatic carboxylic acids is 1. The van der Waals surface area contributed by atoms with Crippen LogP contribution in [0.5, 0.6) is 0 Å². The maximum Gasteiger partial charge on any atom is 0.336 e. The number of nitrogens with two attached hydrogens (primary N) is 2. The van der Waals surface area contributed by atoms with E-state index in [0.717, 1.165) is 7.11 Å². The molecule has 0 aromatic heterocycles. The lowest BCUT2D eigenvalue weighted by atomic mass is 10.4. The van der Waals surface area contributed by atoms with Crippen LogP contribution in [-0.4, -0.2) is 71.9 Å². The Morgan fingerprint density at radius 3 is 1.50 bits per heavy atom. The zero-order chi connectivity index (χ0) is 14.4. The van der Waals surface area contributed by atoms with Crippen molar-refractivity contribution in [1.29, 1.82) is 0 Å². The van der Waals surface area contributed by atoms with Gasteiger partial charge in [0.1, 0.15) is 0 Å². The molecule has 0 spiro atoms. The molecule has 0 fully saturated rings. The van der Waals surface area contributed by atoms with Gasteiger partial charge in [-0.1, -0.05) is 0 Å². The van der Waals surface area contributed by atoms with Gasteiger partial charge in [-0.05, 0) is 0 Å². The lowest BCUT2D eigenvalue weighted by molar-refractivity contribution is -0.149. The molecule has 0 rings (SSSR count). The van der Waals surface area contributed by atoms with Crippen molar-refractivity contribution in [2.24, 2.45) is 11.5 Å². The smallest absolute Gasteiger partial charge is 0.336 e. The maximum absolute atomic E-state index is 10.2. The average molecular weight is 293 g/mol. The Hall–Kier alpha value is -0.970. The van der Waals surface area contributed by atoms with Crippen molar-refractivity contribution < 1.29 is 34.8 Å². The molecule has 0 saturated heterocycles. The quantitative estimate of drug-likeness (QED) is 0.293. The Balaban J connectivity index is -0.0000000916. The highest BCUT2D eigenvalue weighted by Gasteiger charge is 2.11. The van der Waals surface area contributed by atoms with E-state index in [2.05, 4.69) is 4.74 Å². The summed E-state index contributed by atoms with van der Waals surface area (Å²) in [6.45, 7) is -0.317. The first-order valence-corrected chi connectivity index (χ1v) is 4.42. The van der Waals surface area contributed by atoms with Crippen molar-refractivity contribution >= 4 is 24.3 Å². The van der Waals surface area contributed by atoms with Crippen molar-refractivity contribution in [3.05, 3.63) is 0 Å². The topological polar surface area (TPSA) is 176 Å². The summed E-state index contributed by atoms with van der Waals surface area (Å²) in [4.78, 5) is 19.8. The van der Waals surface area contributed by atoms with Gasteiger partial charge in [-0.25, -0.2) is 9.59 Å². The number of hydrogen-bond acceptors (Lipinski definition) is 8. The third-order valence-corrected chi connectivity index (χ3v) is 1.20. The summed E-state index contributed by atoms with van der Waals surface area (Å²) in [7, 11) is 2.20. The molecule has 18 heavy (non-hydrogen) atoms. The minimum Gasteiger partial charge on any atom is -0.479 e. The monoisotopic (exact) mass is 292 g/mol.